The van der Waals surface area contributed by atoms with Crippen LogP contribution in [0.5, 0.6) is 0 Å². The van der Waals surface area contributed by atoms with Gasteiger partial charge in [0.25, 0.3) is 0 Å². The van der Waals surface area contributed by atoms with E-state index >= 15 is 8.78 Å². The molecule has 1 N–H and O–H groups in total. The fraction of sp³-hybridized carbons (Fsp3) is 0.177. The van der Waals surface area contributed by atoms with Gasteiger partial charge in [-0.3, -0.25) is 0 Å². The molecule has 0 radical (unpaired) electrons. The van der Waals surface area contributed by atoms with Gasteiger partial charge in [-0.15, -0.1) is 0 Å². The molecule has 14 heteroatoms. The van der Waals surface area contributed by atoms with Gasteiger partial charge in [0.15, 0.2) is 12.2 Å². The number of ether oxygens (including phenoxy) is 6. The van der Waals surface area contributed by atoms with Crippen LogP contribution in [0.4, 0.5) is 17.6 Å². The van der Waals surface area contributed by atoms with E-state index < -0.39 is 84.9 Å². The molecule has 10 nitrogen and oxygen atoms in total. The minimum absolute atomic E-state index is 0.0783. The lowest BCUT2D eigenvalue weighted by atomic mass is 9.80. The second-order valence-corrected chi connectivity index (χ2v) is 17.8. The first-order valence-corrected chi connectivity index (χ1v) is 24.3. The number of carbonyl (C=O) groups is 3. The molecule has 2 fully saturated rings. The maximum atomic E-state index is 15.0. The zero-order valence-electron chi connectivity index (χ0n) is 40.5. The third-order valence-corrected chi connectivity index (χ3v) is 13.1. The smallest absolute Gasteiger partial charge is 0.382 e. The molecule has 2 aliphatic rings. The number of alkyl halides is 4. The third kappa shape index (κ3) is 10.8. The lowest BCUT2D eigenvalue weighted by Gasteiger charge is -2.37. The molecule has 10 rings (SSSR count). The van der Waals surface area contributed by atoms with Gasteiger partial charge in [0, 0.05) is 0 Å². The van der Waals surface area contributed by atoms with Crippen molar-refractivity contribution in [3.63, 3.8) is 0 Å². The highest BCUT2D eigenvalue weighted by molar-refractivity contribution is 5.91. The summed E-state index contributed by atoms with van der Waals surface area (Å²) in [6.45, 7) is -0.870. The number of rotatable bonds is 16. The Hall–Kier alpha value is -8.27. The molecule has 8 aromatic carbocycles. The van der Waals surface area contributed by atoms with Crippen LogP contribution in [0, 0.1) is 0 Å². The predicted molar refractivity (Wildman–Crippen MR) is 272 cm³/mol. The van der Waals surface area contributed by atoms with Crippen LogP contribution in [-0.4, -0.2) is 78.8 Å². The van der Waals surface area contributed by atoms with Gasteiger partial charge < -0.3 is 33.5 Å². The molecule has 1 unspecified atom stereocenters. The number of cyclic esters (lactones) is 1. The highest BCUT2D eigenvalue weighted by Gasteiger charge is 2.64. The van der Waals surface area contributed by atoms with E-state index in [2.05, 4.69) is 0 Å². The van der Waals surface area contributed by atoms with Gasteiger partial charge in [0.05, 0.1) is 24.3 Å². The molecule has 5 atom stereocenters. The monoisotopic (exact) mass is 1030 g/mol. The van der Waals surface area contributed by atoms with E-state index in [4.69, 9.17) is 28.4 Å². The van der Waals surface area contributed by atoms with Gasteiger partial charge in [-0.2, -0.15) is 17.6 Å². The van der Waals surface area contributed by atoms with Crippen LogP contribution in [0.3, 0.4) is 0 Å². The number of esters is 3. The van der Waals surface area contributed by atoms with Crippen LogP contribution in [0.2, 0.25) is 0 Å². The number of aliphatic hydroxyl groups excluding tert-OH is 1. The fourth-order valence-corrected chi connectivity index (χ4v) is 9.36. The highest BCUT2D eigenvalue weighted by Crippen LogP contribution is 2.45. The molecule has 0 aliphatic carbocycles. The van der Waals surface area contributed by atoms with Crippen molar-refractivity contribution in [2.45, 2.75) is 53.8 Å². The van der Waals surface area contributed by atoms with Crippen molar-refractivity contribution in [3.05, 3.63) is 287 Å². The van der Waals surface area contributed by atoms with Crippen molar-refractivity contribution in [2.24, 2.45) is 0 Å². The molecule has 2 saturated heterocycles. The van der Waals surface area contributed by atoms with E-state index in [1.807, 2.05) is 182 Å². The Morgan fingerprint density at radius 3 is 1.03 bits per heavy atom. The van der Waals surface area contributed by atoms with E-state index in [0.29, 0.717) is 0 Å². The predicted octanol–water partition coefficient (Wildman–Crippen LogP) is 11.4. The minimum Gasteiger partial charge on any atom is -0.451 e. The number of benzene rings is 8. The quantitative estimate of drug-likeness (QED) is 0.0432. The van der Waals surface area contributed by atoms with E-state index in [1.54, 1.807) is 36.4 Å². The normalized spacial score (nSPS) is 19.6. The van der Waals surface area contributed by atoms with Crippen LogP contribution >= 0.6 is 0 Å². The summed E-state index contributed by atoms with van der Waals surface area (Å²) in [6.07, 6.45) is -9.67. The molecule has 386 valence electrons. The van der Waals surface area contributed by atoms with Gasteiger partial charge in [-0.1, -0.05) is 218 Å². The number of carbonyl (C=O) groups excluding carboxylic acids is 3. The van der Waals surface area contributed by atoms with Crippen molar-refractivity contribution >= 4 is 17.9 Å². The van der Waals surface area contributed by atoms with E-state index in [9.17, 15) is 28.3 Å². The first-order valence-electron chi connectivity index (χ1n) is 24.3. The number of hydrogen-bond donors (Lipinski definition) is 1. The summed E-state index contributed by atoms with van der Waals surface area (Å²) in [6, 6.07) is 71.7. The Morgan fingerprint density at radius 2 is 0.711 bits per heavy atom. The first kappa shape index (κ1) is 52.6. The van der Waals surface area contributed by atoms with Gasteiger partial charge in [0.2, 0.25) is 12.4 Å². The standard InChI is InChI=1S/C31H26F2O5.C31H24F2O5/c2*32-31(33)27(38-28(34)22-13-5-1-6-14-22)26(37-29(31)35)21-36-30(23-15-7-2-8-16-23,24-17-9-3-10-18-24)25-19-11-4-12-20-25/h1-20,26-27,29,35H,21H2;1-20,26-27H,21H2/t26-,27+,29?;26-,27+/m11/s1. The summed E-state index contributed by atoms with van der Waals surface area (Å²) >= 11 is 0. The molecule has 0 amide bonds. The Balaban J connectivity index is 0.000000186. The van der Waals surface area contributed by atoms with Crippen molar-refractivity contribution in [3.8, 4) is 0 Å². The summed E-state index contributed by atoms with van der Waals surface area (Å²) in [5.41, 5.74) is 2.27. The van der Waals surface area contributed by atoms with Gasteiger partial charge in [-0.05, 0) is 57.6 Å². The Bertz CT molecular complexity index is 2950. The Labute approximate surface area is 436 Å². The largest absolute Gasteiger partial charge is 0.451 e. The topological polar surface area (TPSA) is 127 Å². The van der Waals surface area contributed by atoms with E-state index in [-0.39, 0.29) is 11.1 Å². The van der Waals surface area contributed by atoms with Crippen molar-refractivity contribution in [1.82, 2.24) is 0 Å². The number of hydrogen-bond acceptors (Lipinski definition) is 10. The molecule has 2 heterocycles. The summed E-state index contributed by atoms with van der Waals surface area (Å²) in [7, 11) is 0. The third-order valence-electron chi connectivity index (χ3n) is 13.1. The lowest BCUT2D eigenvalue weighted by Crippen LogP contribution is -2.45. The molecule has 76 heavy (non-hydrogen) atoms. The van der Waals surface area contributed by atoms with Crippen LogP contribution in [-0.2, 0) is 44.4 Å². The van der Waals surface area contributed by atoms with Crippen LogP contribution in [0.25, 0.3) is 0 Å². The summed E-state index contributed by atoms with van der Waals surface area (Å²) in [5, 5.41) is 10.0. The van der Waals surface area contributed by atoms with E-state index in [1.165, 1.54) is 24.3 Å². The zero-order chi connectivity index (χ0) is 53.2. The first-order chi connectivity index (χ1) is 36.9. The Kier molecular flexibility index (Phi) is 16.0. The summed E-state index contributed by atoms with van der Waals surface area (Å²) < 4.78 is 93.6. The highest BCUT2D eigenvalue weighted by atomic mass is 19.3. The Morgan fingerprint density at radius 1 is 0.434 bits per heavy atom. The molecule has 0 aromatic heterocycles. The molecule has 8 aromatic rings. The second-order valence-electron chi connectivity index (χ2n) is 17.8. The van der Waals surface area contributed by atoms with Crippen LogP contribution < -0.4 is 0 Å². The van der Waals surface area contributed by atoms with Crippen molar-refractivity contribution in [2.75, 3.05) is 13.2 Å². The zero-order valence-corrected chi connectivity index (χ0v) is 40.5. The molecular formula is C62H50F4O10. The van der Waals surface area contributed by atoms with Gasteiger partial charge in [0.1, 0.15) is 17.3 Å². The van der Waals surface area contributed by atoms with Gasteiger partial charge in [-0.25, -0.2) is 14.4 Å². The number of aliphatic hydroxyl groups is 1. The van der Waals surface area contributed by atoms with Crippen molar-refractivity contribution < 1.29 is 65.5 Å². The average Bonchev–Trinajstić information content (AvgIpc) is 3.82. The maximum Gasteiger partial charge on any atom is 0.382 e. The van der Waals surface area contributed by atoms with Crippen molar-refractivity contribution in [1.29, 1.82) is 0 Å². The van der Waals surface area contributed by atoms with Gasteiger partial charge >= 0.3 is 29.8 Å². The molecule has 0 spiro atoms. The van der Waals surface area contributed by atoms with E-state index in [0.717, 1.165) is 33.4 Å². The average molecular weight is 1030 g/mol. The summed E-state index contributed by atoms with van der Waals surface area (Å²) in [5.74, 6) is -11.6. The SMILES string of the molecule is O=C(O[C@H]1[C@@H](COC(c2ccccc2)(c2ccccc2)c2ccccc2)OC(=O)C1(F)F)c1ccccc1.O=C(O[C@H]1[C@@H](COC(c2ccccc2)(c2ccccc2)c2ccccc2)OC(O)C1(F)F)c1ccccc1. The molecule has 0 saturated carbocycles. The second kappa shape index (κ2) is 23.1. The summed E-state index contributed by atoms with van der Waals surface area (Å²) in [4.78, 5) is 37.5. The number of halogens is 4. The van der Waals surface area contributed by atoms with Crippen LogP contribution in [0.1, 0.15) is 54.1 Å². The lowest BCUT2D eigenvalue weighted by molar-refractivity contribution is -0.200. The maximum absolute atomic E-state index is 15.0. The molecular weight excluding hydrogens is 981 g/mol. The molecule has 0 bridgehead atoms. The fourth-order valence-electron chi connectivity index (χ4n) is 9.36. The van der Waals surface area contributed by atoms with Crippen LogP contribution in [0.15, 0.2) is 243 Å². The molecule has 2 aliphatic heterocycles. The minimum atomic E-state index is -4.03.